The second-order valence-corrected chi connectivity index (χ2v) is 9.21. The molecule has 1 rings (SSSR count). The van der Waals surface area contributed by atoms with Crippen LogP contribution in [0.25, 0.3) is 0 Å². The molecule has 0 aliphatic rings. The Morgan fingerprint density at radius 2 is 1.73 bits per heavy atom. The summed E-state index contributed by atoms with van der Waals surface area (Å²) in [6.07, 6.45) is 0. The lowest BCUT2D eigenvalue weighted by Gasteiger charge is -2.26. The van der Waals surface area contributed by atoms with Gasteiger partial charge in [0.2, 0.25) is 0 Å². The highest BCUT2D eigenvalue weighted by Crippen LogP contribution is 2.55. The van der Waals surface area contributed by atoms with Gasteiger partial charge in [-0.3, -0.25) is 0 Å². The number of para-hydroxylation sites is 1. The summed E-state index contributed by atoms with van der Waals surface area (Å²) in [5.74, 6) is 0.695. The maximum Gasteiger partial charge on any atom is 0.294 e. The standard InChI is InChI=1S/C10H15O2PS2/c1-10(2,3)12-13(14,15)11-9-7-5-4-6-8-9/h4-8H,1-3H3,(H,14,15). The summed E-state index contributed by atoms with van der Waals surface area (Å²) < 4.78 is 11.1. The van der Waals surface area contributed by atoms with Crippen molar-refractivity contribution in [1.29, 1.82) is 0 Å². The van der Waals surface area contributed by atoms with Gasteiger partial charge in [-0.2, -0.15) is 0 Å². The van der Waals surface area contributed by atoms with Gasteiger partial charge in [0.05, 0.1) is 5.60 Å². The van der Waals surface area contributed by atoms with E-state index in [1.807, 2.05) is 51.1 Å². The maximum atomic E-state index is 5.60. The van der Waals surface area contributed by atoms with Gasteiger partial charge in [0.15, 0.2) is 0 Å². The lowest BCUT2D eigenvalue weighted by atomic mass is 10.2. The third-order valence-electron chi connectivity index (χ3n) is 1.35. The minimum absolute atomic E-state index is 0.341. The van der Waals surface area contributed by atoms with Crippen molar-refractivity contribution in [2.75, 3.05) is 0 Å². The molecule has 0 saturated carbocycles. The molecule has 0 amide bonds. The molecule has 0 spiro atoms. The quantitative estimate of drug-likeness (QED) is 0.655. The van der Waals surface area contributed by atoms with Gasteiger partial charge in [0, 0.05) is 0 Å². The number of hydrogen-bond donors (Lipinski definition) is 1. The second-order valence-electron chi connectivity index (χ2n) is 4.08. The largest absolute Gasteiger partial charge is 0.436 e. The van der Waals surface area contributed by atoms with Gasteiger partial charge >= 0.3 is 0 Å². The molecule has 0 aliphatic carbocycles. The van der Waals surface area contributed by atoms with Crippen LogP contribution in [-0.2, 0) is 16.3 Å². The predicted molar refractivity (Wildman–Crippen MR) is 71.2 cm³/mol. The summed E-state index contributed by atoms with van der Waals surface area (Å²) in [5, 5.41) is 0. The van der Waals surface area contributed by atoms with Crippen molar-refractivity contribution in [3.05, 3.63) is 30.3 Å². The van der Waals surface area contributed by atoms with Crippen LogP contribution in [-0.4, -0.2) is 5.60 Å². The highest BCUT2D eigenvalue weighted by atomic mass is 32.9. The fourth-order valence-corrected chi connectivity index (χ4v) is 4.04. The number of benzene rings is 1. The van der Waals surface area contributed by atoms with E-state index in [0.717, 1.165) is 0 Å². The van der Waals surface area contributed by atoms with Crippen LogP contribution in [0.2, 0.25) is 0 Å². The molecule has 0 heterocycles. The highest BCUT2D eigenvalue weighted by Gasteiger charge is 2.23. The van der Waals surface area contributed by atoms with Crippen LogP contribution in [0.1, 0.15) is 20.8 Å². The second kappa shape index (κ2) is 4.88. The fourth-order valence-electron chi connectivity index (χ4n) is 0.979. The first kappa shape index (κ1) is 13.0. The van der Waals surface area contributed by atoms with Crippen molar-refractivity contribution in [3.63, 3.8) is 0 Å². The Kier molecular flexibility index (Phi) is 4.24. The van der Waals surface area contributed by atoms with Crippen molar-refractivity contribution in [2.24, 2.45) is 0 Å². The van der Waals surface area contributed by atoms with E-state index in [9.17, 15) is 0 Å². The number of thiol groups is 1. The maximum absolute atomic E-state index is 5.60. The van der Waals surface area contributed by atoms with Gasteiger partial charge in [-0.25, -0.2) is 0 Å². The van der Waals surface area contributed by atoms with Crippen molar-refractivity contribution in [1.82, 2.24) is 0 Å². The highest BCUT2D eigenvalue weighted by molar-refractivity contribution is 8.60. The molecule has 1 unspecified atom stereocenters. The molecular formula is C10H15O2PS2. The van der Waals surface area contributed by atoms with Gasteiger partial charge in [-0.05, 0) is 44.7 Å². The van der Waals surface area contributed by atoms with Crippen molar-refractivity contribution < 1.29 is 9.05 Å². The molecule has 1 aromatic rings. The SMILES string of the molecule is CC(C)(C)OP(=S)(S)Oc1ccccc1. The van der Waals surface area contributed by atoms with Crippen LogP contribution in [0.5, 0.6) is 5.75 Å². The summed E-state index contributed by atoms with van der Waals surface area (Å²) >= 11 is 9.48. The molecule has 0 bridgehead atoms. The molecule has 5 heteroatoms. The molecule has 0 fully saturated rings. The smallest absolute Gasteiger partial charge is 0.294 e. The Labute approximate surface area is 101 Å². The fraction of sp³-hybridized carbons (Fsp3) is 0.400. The Bertz CT molecular complexity index is 359. The van der Waals surface area contributed by atoms with E-state index in [1.165, 1.54) is 0 Å². The Morgan fingerprint density at radius 1 is 1.20 bits per heavy atom. The van der Waals surface area contributed by atoms with E-state index in [4.69, 9.17) is 20.9 Å². The van der Waals surface area contributed by atoms with Gasteiger partial charge < -0.3 is 9.05 Å². The molecule has 15 heavy (non-hydrogen) atoms. The molecule has 0 N–H and O–H groups in total. The van der Waals surface area contributed by atoms with E-state index >= 15 is 0 Å². The van der Waals surface area contributed by atoms with Crippen LogP contribution in [0.4, 0.5) is 0 Å². The van der Waals surface area contributed by atoms with Gasteiger partial charge in [0.1, 0.15) is 5.75 Å². The van der Waals surface area contributed by atoms with Crippen LogP contribution in [0.3, 0.4) is 0 Å². The summed E-state index contributed by atoms with van der Waals surface area (Å²) in [5.41, 5.74) is -2.85. The van der Waals surface area contributed by atoms with E-state index in [0.29, 0.717) is 5.75 Å². The van der Waals surface area contributed by atoms with Crippen molar-refractivity contribution in [3.8, 4) is 5.75 Å². The first-order valence-electron chi connectivity index (χ1n) is 4.57. The lowest BCUT2D eigenvalue weighted by molar-refractivity contribution is 0.140. The van der Waals surface area contributed by atoms with Crippen LogP contribution in [0, 0.1) is 0 Å². The zero-order valence-corrected chi connectivity index (χ0v) is 11.6. The average molecular weight is 262 g/mol. The summed E-state index contributed by atoms with van der Waals surface area (Å²) in [4.78, 5) is 0. The molecule has 0 radical (unpaired) electrons. The minimum atomic E-state index is -2.51. The summed E-state index contributed by atoms with van der Waals surface area (Å²) in [6, 6.07) is 9.36. The third-order valence-corrected chi connectivity index (χ3v) is 3.51. The first-order chi connectivity index (χ1) is 6.79. The van der Waals surface area contributed by atoms with Gasteiger partial charge in [-0.1, -0.05) is 30.4 Å². The van der Waals surface area contributed by atoms with Gasteiger partial charge in [0.25, 0.3) is 5.69 Å². The molecule has 84 valence electrons. The molecule has 1 aromatic carbocycles. The number of rotatable bonds is 3. The van der Waals surface area contributed by atoms with Crippen LogP contribution < -0.4 is 4.52 Å². The van der Waals surface area contributed by atoms with Crippen LogP contribution >= 0.6 is 17.9 Å². The topological polar surface area (TPSA) is 18.5 Å². The van der Waals surface area contributed by atoms with Crippen LogP contribution in [0.15, 0.2) is 30.3 Å². The van der Waals surface area contributed by atoms with E-state index in [-0.39, 0.29) is 5.60 Å². The molecule has 0 aliphatic heterocycles. The van der Waals surface area contributed by atoms with E-state index < -0.39 is 5.69 Å². The third kappa shape index (κ3) is 5.57. The molecular weight excluding hydrogens is 247 g/mol. The zero-order valence-electron chi connectivity index (χ0n) is 9.01. The predicted octanol–water partition coefficient (Wildman–Crippen LogP) is 4.03. The minimum Gasteiger partial charge on any atom is -0.436 e. The lowest BCUT2D eigenvalue weighted by Crippen LogP contribution is -2.17. The van der Waals surface area contributed by atoms with E-state index in [1.54, 1.807) is 0 Å². The summed E-state index contributed by atoms with van der Waals surface area (Å²) in [7, 11) is 0. The molecule has 1 atom stereocenters. The Balaban J connectivity index is 2.69. The normalized spacial score (nSPS) is 15.7. The Morgan fingerprint density at radius 3 is 2.20 bits per heavy atom. The molecule has 0 saturated heterocycles. The van der Waals surface area contributed by atoms with Crippen molar-refractivity contribution >= 4 is 29.7 Å². The Hall–Kier alpha value is -0.0200. The van der Waals surface area contributed by atoms with E-state index in [2.05, 4.69) is 12.2 Å². The van der Waals surface area contributed by atoms with Crippen molar-refractivity contribution in [2.45, 2.75) is 26.4 Å². The summed E-state index contributed by atoms with van der Waals surface area (Å²) in [6.45, 7) is 5.79. The zero-order chi connectivity index (χ0) is 11.5. The molecule has 2 nitrogen and oxygen atoms in total. The first-order valence-corrected chi connectivity index (χ1v) is 8.36. The average Bonchev–Trinajstić information content (AvgIpc) is 1.99. The monoisotopic (exact) mass is 262 g/mol. The molecule has 0 aromatic heterocycles. The number of hydrogen-bond acceptors (Lipinski definition) is 3. The van der Waals surface area contributed by atoms with Gasteiger partial charge in [-0.15, -0.1) is 0 Å².